The number of hydrogen-bond acceptors (Lipinski definition) is 5. The Morgan fingerprint density at radius 2 is 2.33 bits per heavy atom. The Hall–Kier alpha value is -1.17. The summed E-state index contributed by atoms with van der Waals surface area (Å²) in [5, 5.41) is 6.08. The first-order valence-electron chi connectivity index (χ1n) is 4.70. The van der Waals surface area contributed by atoms with Gasteiger partial charge in [-0.1, -0.05) is 0 Å². The second kappa shape index (κ2) is 5.65. The second-order valence-electron chi connectivity index (χ2n) is 3.21. The smallest absolute Gasteiger partial charge is 0.224 e. The van der Waals surface area contributed by atoms with Crippen LogP contribution in [0.2, 0.25) is 0 Å². The fourth-order valence-corrected chi connectivity index (χ4v) is 1.26. The topological polar surface area (TPSA) is 66.9 Å². The molecule has 2 atom stereocenters. The van der Waals surface area contributed by atoms with E-state index in [2.05, 4.69) is 20.6 Å². The molecular weight excluding hydrogens is 212 g/mol. The number of aromatic nitrogens is 2. The Morgan fingerprint density at radius 1 is 1.60 bits per heavy atom. The van der Waals surface area contributed by atoms with Gasteiger partial charge in [0, 0.05) is 42.1 Å². The summed E-state index contributed by atoms with van der Waals surface area (Å²) in [7, 11) is 0.954. The first-order chi connectivity index (χ1) is 7.13. The van der Waals surface area contributed by atoms with Gasteiger partial charge < -0.3 is 10.6 Å². The van der Waals surface area contributed by atoms with Crippen molar-refractivity contribution in [2.75, 3.05) is 30.5 Å². The lowest BCUT2D eigenvalue weighted by Gasteiger charge is -2.10. The highest BCUT2D eigenvalue weighted by molar-refractivity contribution is 7.84. The summed E-state index contributed by atoms with van der Waals surface area (Å²) in [6, 6.07) is 1.78. The van der Waals surface area contributed by atoms with Gasteiger partial charge in [0.1, 0.15) is 5.82 Å². The lowest BCUT2D eigenvalue weighted by Crippen LogP contribution is -2.21. The van der Waals surface area contributed by atoms with Crippen molar-refractivity contribution < 1.29 is 4.21 Å². The van der Waals surface area contributed by atoms with Crippen molar-refractivity contribution in [3.8, 4) is 0 Å². The van der Waals surface area contributed by atoms with E-state index in [4.69, 9.17) is 0 Å². The second-order valence-corrected chi connectivity index (χ2v) is 5.01. The standard InChI is InChI=1S/C9H16N4OS/c1-7(15(3)14)6-12-8-4-5-11-9(10-2)13-8/h4-5,7H,6H2,1-3H3,(H2,10,11,12,13). The summed E-state index contributed by atoms with van der Waals surface area (Å²) in [5.74, 6) is 1.32. The summed E-state index contributed by atoms with van der Waals surface area (Å²) in [6.45, 7) is 2.58. The Labute approximate surface area is 92.2 Å². The van der Waals surface area contributed by atoms with Crippen LogP contribution in [0.1, 0.15) is 6.92 Å². The highest BCUT2D eigenvalue weighted by atomic mass is 32.2. The van der Waals surface area contributed by atoms with Gasteiger partial charge in [0.15, 0.2) is 0 Å². The molecule has 0 aliphatic rings. The summed E-state index contributed by atoms with van der Waals surface area (Å²) in [4.78, 5) is 8.19. The minimum absolute atomic E-state index is 0.109. The Bertz CT molecular complexity index is 345. The highest BCUT2D eigenvalue weighted by Crippen LogP contribution is 2.05. The molecule has 0 bridgehead atoms. The molecule has 0 spiro atoms. The van der Waals surface area contributed by atoms with Gasteiger partial charge in [-0.15, -0.1) is 0 Å². The Kier molecular flexibility index (Phi) is 4.48. The zero-order valence-electron chi connectivity index (χ0n) is 9.15. The van der Waals surface area contributed by atoms with E-state index >= 15 is 0 Å². The van der Waals surface area contributed by atoms with E-state index in [0.29, 0.717) is 12.5 Å². The van der Waals surface area contributed by atoms with Crippen molar-refractivity contribution in [3.63, 3.8) is 0 Å². The fourth-order valence-electron chi connectivity index (χ4n) is 0.943. The highest BCUT2D eigenvalue weighted by Gasteiger charge is 2.05. The molecule has 1 heterocycles. The maximum absolute atomic E-state index is 11.1. The molecule has 0 fully saturated rings. The van der Waals surface area contributed by atoms with Crippen molar-refractivity contribution in [3.05, 3.63) is 12.3 Å². The molecule has 5 nitrogen and oxygen atoms in total. The first kappa shape index (κ1) is 11.9. The molecule has 2 N–H and O–H groups in total. The van der Waals surface area contributed by atoms with E-state index in [1.54, 1.807) is 25.6 Å². The van der Waals surface area contributed by atoms with Gasteiger partial charge in [0.2, 0.25) is 5.95 Å². The van der Waals surface area contributed by atoms with Crippen LogP contribution < -0.4 is 10.6 Å². The third-order valence-corrected chi connectivity index (χ3v) is 3.32. The minimum Gasteiger partial charge on any atom is -0.369 e. The predicted octanol–water partition coefficient (Wildman–Crippen LogP) is 0.697. The molecule has 6 heteroatoms. The van der Waals surface area contributed by atoms with E-state index in [1.807, 2.05) is 6.92 Å². The summed E-state index contributed by atoms with van der Waals surface area (Å²) in [6.07, 6.45) is 3.38. The SMILES string of the molecule is CNc1nccc(NCC(C)S(C)=O)n1. The van der Waals surface area contributed by atoms with Crippen molar-refractivity contribution >= 4 is 22.6 Å². The molecule has 15 heavy (non-hydrogen) atoms. The number of anilines is 2. The van der Waals surface area contributed by atoms with Crippen LogP contribution >= 0.6 is 0 Å². The van der Waals surface area contributed by atoms with E-state index in [-0.39, 0.29) is 5.25 Å². The van der Waals surface area contributed by atoms with Gasteiger partial charge >= 0.3 is 0 Å². The normalized spacial score (nSPS) is 14.3. The maximum Gasteiger partial charge on any atom is 0.224 e. The lowest BCUT2D eigenvalue weighted by atomic mass is 10.4. The van der Waals surface area contributed by atoms with E-state index < -0.39 is 10.8 Å². The molecule has 2 unspecified atom stereocenters. The van der Waals surface area contributed by atoms with Gasteiger partial charge in [-0.2, -0.15) is 4.98 Å². The van der Waals surface area contributed by atoms with Crippen LogP contribution in [0, 0.1) is 0 Å². The first-order valence-corrected chi connectivity index (χ1v) is 6.32. The van der Waals surface area contributed by atoms with Crippen LogP contribution in [0.4, 0.5) is 11.8 Å². The van der Waals surface area contributed by atoms with Crippen LogP contribution in [0.3, 0.4) is 0 Å². The van der Waals surface area contributed by atoms with Crippen molar-refractivity contribution in [2.24, 2.45) is 0 Å². The number of nitrogens with one attached hydrogen (secondary N) is 2. The lowest BCUT2D eigenvalue weighted by molar-refractivity contribution is 0.679. The van der Waals surface area contributed by atoms with Gasteiger partial charge in [-0.3, -0.25) is 4.21 Å². The van der Waals surface area contributed by atoms with Gasteiger partial charge in [0.05, 0.1) is 0 Å². The number of hydrogen-bond donors (Lipinski definition) is 2. The van der Waals surface area contributed by atoms with Crippen LogP contribution in [0.15, 0.2) is 12.3 Å². The summed E-state index contributed by atoms with van der Waals surface area (Å²) in [5.41, 5.74) is 0. The van der Waals surface area contributed by atoms with Gasteiger partial charge in [0.25, 0.3) is 0 Å². The van der Waals surface area contributed by atoms with Gasteiger partial charge in [-0.05, 0) is 13.0 Å². The van der Waals surface area contributed by atoms with Gasteiger partial charge in [-0.25, -0.2) is 4.98 Å². The largest absolute Gasteiger partial charge is 0.369 e. The zero-order valence-corrected chi connectivity index (χ0v) is 9.97. The summed E-state index contributed by atoms with van der Waals surface area (Å²) >= 11 is 0. The molecule has 84 valence electrons. The van der Waals surface area contributed by atoms with Crippen molar-refractivity contribution in [2.45, 2.75) is 12.2 Å². The molecule has 0 amide bonds. The number of nitrogens with zero attached hydrogens (tertiary/aromatic N) is 2. The molecular formula is C9H16N4OS. The zero-order chi connectivity index (χ0) is 11.3. The quantitative estimate of drug-likeness (QED) is 0.776. The molecule has 0 saturated heterocycles. The molecule has 1 aromatic rings. The maximum atomic E-state index is 11.1. The monoisotopic (exact) mass is 228 g/mol. The molecule has 1 rings (SSSR count). The van der Waals surface area contributed by atoms with Crippen molar-refractivity contribution in [1.82, 2.24) is 9.97 Å². The molecule has 1 aromatic heterocycles. The van der Waals surface area contributed by atoms with Crippen molar-refractivity contribution in [1.29, 1.82) is 0 Å². The average Bonchev–Trinajstić information content (AvgIpc) is 2.26. The van der Waals surface area contributed by atoms with E-state index in [0.717, 1.165) is 5.82 Å². The summed E-state index contributed by atoms with van der Waals surface area (Å²) < 4.78 is 11.1. The predicted molar refractivity (Wildman–Crippen MR) is 63.6 cm³/mol. The number of rotatable bonds is 5. The minimum atomic E-state index is -0.813. The van der Waals surface area contributed by atoms with E-state index in [9.17, 15) is 4.21 Å². The Morgan fingerprint density at radius 3 is 2.93 bits per heavy atom. The Balaban J connectivity index is 2.53. The molecule has 0 aromatic carbocycles. The third kappa shape index (κ3) is 3.83. The molecule has 0 aliphatic carbocycles. The third-order valence-electron chi connectivity index (χ3n) is 2.02. The van der Waals surface area contributed by atoms with Crippen LogP contribution in [0.5, 0.6) is 0 Å². The fraction of sp³-hybridized carbons (Fsp3) is 0.556. The molecule has 0 aliphatic heterocycles. The van der Waals surface area contributed by atoms with Crippen LogP contribution in [-0.2, 0) is 10.8 Å². The average molecular weight is 228 g/mol. The molecule has 0 radical (unpaired) electrons. The molecule has 0 saturated carbocycles. The van der Waals surface area contributed by atoms with E-state index in [1.165, 1.54) is 0 Å². The van der Waals surface area contributed by atoms with Crippen LogP contribution in [0.25, 0.3) is 0 Å². The van der Waals surface area contributed by atoms with Crippen LogP contribution in [-0.4, -0.2) is 39.3 Å².